The molecule has 132 valence electrons. The van der Waals surface area contributed by atoms with Gasteiger partial charge in [0.15, 0.2) is 0 Å². The number of anilines is 1. The Morgan fingerprint density at radius 2 is 1.96 bits per heavy atom. The van der Waals surface area contributed by atoms with Gasteiger partial charge in [-0.3, -0.25) is 0 Å². The summed E-state index contributed by atoms with van der Waals surface area (Å²) in [5.74, 6) is -0.220. The van der Waals surface area contributed by atoms with E-state index >= 15 is 0 Å². The van der Waals surface area contributed by atoms with Crippen molar-refractivity contribution in [1.82, 2.24) is 9.88 Å². The largest absolute Gasteiger partial charge is 0.383 e. The van der Waals surface area contributed by atoms with Crippen molar-refractivity contribution < 1.29 is 4.39 Å². The van der Waals surface area contributed by atoms with Gasteiger partial charge in [0.25, 0.3) is 0 Å². The Balaban J connectivity index is 1.66. The molecule has 0 saturated heterocycles. The SMILES string of the molecule is CN(CCNc1cc(C#N)nc2ccc(Br)cc12)Cc1ccc(F)cc1. The summed E-state index contributed by atoms with van der Waals surface area (Å²) in [5.41, 5.74) is 3.14. The number of nitrogens with one attached hydrogen (secondary N) is 1. The van der Waals surface area contributed by atoms with Crippen molar-refractivity contribution in [3.8, 4) is 6.07 Å². The van der Waals surface area contributed by atoms with Gasteiger partial charge < -0.3 is 10.2 Å². The van der Waals surface area contributed by atoms with Gasteiger partial charge in [0.05, 0.1) is 5.52 Å². The molecule has 4 nitrogen and oxygen atoms in total. The molecule has 2 aromatic carbocycles. The first-order chi connectivity index (χ1) is 12.5. The summed E-state index contributed by atoms with van der Waals surface area (Å²) in [6, 6.07) is 16.2. The highest BCUT2D eigenvalue weighted by molar-refractivity contribution is 9.10. The van der Waals surface area contributed by atoms with Gasteiger partial charge in [-0.05, 0) is 49.0 Å². The van der Waals surface area contributed by atoms with E-state index in [1.54, 1.807) is 18.2 Å². The first-order valence-corrected chi connectivity index (χ1v) is 9.02. The van der Waals surface area contributed by atoms with Gasteiger partial charge in [-0.2, -0.15) is 5.26 Å². The van der Waals surface area contributed by atoms with Gasteiger partial charge in [-0.25, -0.2) is 9.37 Å². The van der Waals surface area contributed by atoms with Gasteiger partial charge in [0.1, 0.15) is 17.6 Å². The van der Waals surface area contributed by atoms with Crippen LogP contribution in [0.25, 0.3) is 10.9 Å². The van der Waals surface area contributed by atoms with Crippen molar-refractivity contribution in [2.45, 2.75) is 6.54 Å². The van der Waals surface area contributed by atoms with E-state index in [1.165, 1.54) is 12.1 Å². The number of halogens is 2. The van der Waals surface area contributed by atoms with Crippen molar-refractivity contribution in [2.24, 2.45) is 0 Å². The summed E-state index contributed by atoms with van der Waals surface area (Å²) in [6.07, 6.45) is 0. The zero-order chi connectivity index (χ0) is 18.5. The summed E-state index contributed by atoms with van der Waals surface area (Å²) >= 11 is 3.48. The number of hydrogen-bond donors (Lipinski definition) is 1. The quantitative estimate of drug-likeness (QED) is 0.644. The van der Waals surface area contributed by atoms with E-state index < -0.39 is 0 Å². The van der Waals surface area contributed by atoms with E-state index in [0.717, 1.165) is 39.7 Å². The molecule has 1 heterocycles. The molecule has 0 bridgehead atoms. The molecular weight excluding hydrogens is 395 g/mol. The lowest BCUT2D eigenvalue weighted by atomic mass is 10.1. The molecule has 26 heavy (non-hydrogen) atoms. The van der Waals surface area contributed by atoms with Crippen LogP contribution in [0.3, 0.4) is 0 Å². The maximum atomic E-state index is 13.0. The second kappa shape index (κ2) is 8.26. The first kappa shape index (κ1) is 18.3. The molecule has 0 saturated carbocycles. The maximum absolute atomic E-state index is 13.0. The number of fused-ring (bicyclic) bond motifs is 1. The predicted molar refractivity (Wildman–Crippen MR) is 105 cm³/mol. The molecule has 0 fully saturated rings. The summed E-state index contributed by atoms with van der Waals surface area (Å²) in [7, 11) is 2.02. The second-order valence-corrected chi connectivity index (χ2v) is 7.04. The Kier molecular flexibility index (Phi) is 5.82. The molecule has 0 aliphatic heterocycles. The van der Waals surface area contributed by atoms with E-state index in [2.05, 4.69) is 37.2 Å². The summed E-state index contributed by atoms with van der Waals surface area (Å²) < 4.78 is 13.9. The number of benzene rings is 2. The van der Waals surface area contributed by atoms with Crippen LogP contribution in [-0.4, -0.2) is 30.0 Å². The van der Waals surface area contributed by atoms with Crippen molar-refractivity contribution in [1.29, 1.82) is 5.26 Å². The fraction of sp³-hybridized carbons (Fsp3) is 0.200. The minimum absolute atomic E-state index is 0.220. The van der Waals surface area contributed by atoms with Crippen LogP contribution >= 0.6 is 15.9 Å². The number of likely N-dealkylation sites (N-methyl/N-ethyl adjacent to an activating group) is 1. The molecule has 0 aliphatic carbocycles. The van der Waals surface area contributed by atoms with Crippen LogP contribution < -0.4 is 5.32 Å². The third kappa shape index (κ3) is 4.57. The fourth-order valence-electron chi connectivity index (χ4n) is 2.76. The van der Waals surface area contributed by atoms with Gasteiger partial charge in [0.2, 0.25) is 0 Å². The van der Waals surface area contributed by atoms with Gasteiger partial charge >= 0.3 is 0 Å². The Bertz CT molecular complexity index is 950. The number of nitriles is 1. The molecule has 0 unspecified atom stereocenters. The van der Waals surface area contributed by atoms with E-state index in [-0.39, 0.29) is 5.82 Å². The summed E-state index contributed by atoms with van der Waals surface area (Å²) in [4.78, 5) is 6.50. The monoisotopic (exact) mass is 412 g/mol. The Labute approximate surface area is 160 Å². The van der Waals surface area contributed by atoms with Gasteiger partial charge in [0, 0.05) is 35.2 Å². The standard InChI is InChI=1S/C20H18BrFN4/c1-26(13-14-2-5-16(22)6-3-14)9-8-24-20-11-17(12-23)25-19-7-4-15(21)10-18(19)20/h2-7,10-11H,8-9,13H2,1H3,(H,24,25). The lowest BCUT2D eigenvalue weighted by Gasteiger charge is -2.18. The molecule has 0 spiro atoms. The maximum Gasteiger partial charge on any atom is 0.143 e. The summed E-state index contributed by atoms with van der Waals surface area (Å²) in [6.45, 7) is 2.26. The lowest BCUT2D eigenvalue weighted by Crippen LogP contribution is -2.24. The molecular formula is C20H18BrFN4. The Morgan fingerprint density at radius 1 is 1.19 bits per heavy atom. The van der Waals surface area contributed by atoms with Crippen LogP contribution in [0.2, 0.25) is 0 Å². The minimum atomic E-state index is -0.220. The molecule has 1 N–H and O–H groups in total. The molecule has 3 aromatic rings. The van der Waals surface area contributed by atoms with Crippen molar-refractivity contribution in [3.63, 3.8) is 0 Å². The number of rotatable bonds is 6. The molecule has 6 heteroatoms. The average molecular weight is 413 g/mol. The molecule has 0 radical (unpaired) electrons. The Hall–Kier alpha value is -2.49. The number of hydrogen-bond acceptors (Lipinski definition) is 4. The van der Waals surface area contributed by atoms with E-state index in [4.69, 9.17) is 0 Å². The highest BCUT2D eigenvalue weighted by Crippen LogP contribution is 2.26. The van der Waals surface area contributed by atoms with E-state index in [0.29, 0.717) is 12.2 Å². The average Bonchev–Trinajstić information content (AvgIpc) is 2.63. The highest BCUT2D eigenvalue weighted by Gasteiger charge is 2.07. The number of aromatic nitrogens is 1. The zero-order valence-corrected chi connectivity index (χ0v) is 15.9. The second-order valence-electron chi connectivity index (χ2n) is 6.12. The zero-order valence-electron chi connectivity index (χ0n) is 14.3. The third-order valence-electron chi connectivity index (χ3n) is 4.06. The molecule has 0 amide bonds. The predicted octanol–water partition coefficient (Wildman–Crippen LogP) is 4.55. The third-order valence-corrected chi connectivity index (χ3v) is 4.55. The normalized spacial score (nSPS) is 10.9. The van der Waals surface area contributed by atoms with Crippen LogP contribution in [0.15, 0.2) is 53.0 Å². The smallest absolute Gasteiger partial charge is 0.143 e. The molecule has 1 aromatic heterocycles. The fourth-order valence-corrected chi connectivity index (χ4v) is 3.12. The van der Waals surface area contributed by atoms with Crippen molar-refractivity contribution in [2.75, 3.05) is 25.5 Å². The van der Waals surface area contributed by atoms with Crippen LogP contribution in [0.4, 0.5) is 10.1 Å². The first-order valence-electron chi connectivity index (χ1n) is 8.22. The van der Waals surface area contributed by atoms with Crippen LogP contribution in [0, 0.1) is 17.1 Å². The number of pyridine rings is 1. The highest BCUT2D eigenvalue weighted by atomic mass is 79.9. The lowest BCUT2D eigenvalue weighted by molar-refractivity contribution is 0.340. The van der Waals surface area contributed by atoms with Crippen LogP contribution in [-0.2, 0) is 6.54 Å². The molecule has 0 atom stereocenters. The van der Waals surface area contributed by atoms with Crippen molar-refractivity contribution in [3.05, 3.63) is 70.1 Å². The minimum Gasteiger partial charge on any atom is -0.383 e. The van der Waals surface area contributed by atoms with Gasteiger partial charge in [-0.15, -0.1) is 0 Å². The Morgan fingerprint density at radius 3 is 2.69 bits per heavy atom. The number of nitrogens with zero attached hydrogens (tertiary/aromatic N) is 3. The topological polar surface area (TPSA) is 52.0 Å². The van der Waals surface area contributed by atoms with E-state index in [9.17, 15) is 9.65 Å². The van der Waals surface area contributed by atoms with Crippen molar-refractivity contribution >= 4 is 32.5 Å². The van der Waals surface area contributed by atoms with Gasteiger partial charge in [-0.1, -0.05) is 28.1 Å². The molecule has 3 rings (SSSR count). The van der Waals surface area contributed by atoms with Crippen LogP contribution in [0.1, 0.15) is 11.3 Å². The van der Waals surface area contributed by atoms with E-state index in [1.807, 2.05) is 25.2 Å². The van der Waals surface area contributed by atoms with Crippen LogP contribution in [0.5, 0.6) is 0 Å². The summed E-state index contributed by atoms with van der Waals surface area (Å²) in [5, 5.41) is 13.6. The molecule has 0 aliphatic rings.